The molecular weight excluding hydrogens is 210 g/mol. The third-order valence-electron chi connectivity index (χ3n) is 3.91. The zero-order valence-electron chi connectivity index (χ0n) is 10.9. The van der Waals surface area contributed by atoms with Crippen LogP contribution < -0.4 is 0 Å². The number of aliphatic hydroxyl groups excluding tert-OH is 1. The molecule has 1 saturated carbocycles. The second kappa shape index (κ2) is 5.63. The smallest absolute Gasteiger partial charge is 0.0810 e. The molecule has 0 aliphatic heterocycles. The highest BCUT2D eigenvalue weighted by Crippen LogP contribution is 2.32. The van der Waals surface area contributed by atoms with Gasteiger partial charge in [-0.3, -0.25) is 4.98 Å². The van der Waals surface area contributed by atoms with E-state index in [4.69, 9.17) is 0 Å². The molecule has 0 spiro atoms. The first kappa shape index (κ1) is 12.6. The number of hydrogen-bond acceptors (Lipinski definition) is 2. The SMILES string of the molecule is Cc1ccc(C(O)CC2CCCCC2)c(C)n1. The molecule has 1 fully saturated rings. The average molecular weight is 233 g/mol. The van der Waals surface area contributed by atoms with Gasteiger partial charge in [0.1, 0.15) is 0 Å². The van der Waals surface area contributed by atoms with Gasteiger partial charge in [0.25, 0.3) is 0 Å². The van der Waals surface area contributed by atoms with Crippen LogP contribution in [0.5, 0.6) is 0 Å². The van der Waals surface area contributed by atoms with Crippen LogP contribution in [0.2, 0.25) is 0 Å². The largest absolute Gasteiger partial charge is 0.388 e. The van der Waals surface area contributed by atoms with Gasteiger partial charge >= 0.3 is 0 Å². The van der Waals surface area contributed by atoms with Crippen molar-refractivity contribution in [3.8, 4) is 0 Å². The van der Waals surface area contributed by atoms with Crippen molar-refractivity contribution in [2.45, 2.75) is 58.5 Å². The Hall–Kier alpha value is -0.890. The second-order valence-electron chi connectivity index (χ2n) is 5.38. The maximum atomic E-state index is 10.3. The summed E-state index contributed by atoms with van der Waals surface area (Å²) in [7, 11) is 0. The minimum absolute atomic E-state index is 0.328. The van der Waals surface area contributed by atoms with E-state index in [2.05, 4.69) is 4.98 Å². The van der Waals surface area contributed by atoms with E-state index in [1.54, 1.807) is 0 Å². The van der Waals surface area contributed by atoms with Gasteiger partial charge in [0.05, 0.1) is 6.10 Å². The van der Waals surface area contributed by atoms with Crippen LogP contribution in [-0.2, 0) is 0 Å². The molecule has 1 aromatic rings. The molecule has 0 bridgehead atoms. The van der Waals surface area contributed by atoms with Gasteiger partial charge in [-0.15, -0.1) is 0 Å². The predicted octanol–water partition coefficient (Wildman–Crippen LogP) is 3.70. The third-order valence-corrected chi connectivity index (χ3v) is 3.91. The highest BCUT2D eigenvalue weighted by Gasteiger charge is 2.19. The van der Waals surface area contributed by atoms with Gasteiger partial charge < -0.3 is 5.11 Å². The summed E-state index contributed by atoms with van der Waals surface area (Å²) in [5, 5.41) is 10.3. The molecule has 0 aromatic carbocycles. The maximum Gasteiger partial charge on any atom is 0.0810 e. The Kier molecular flexibility index (Phi) is 4.16. The number of pyridine rings is 1. The van der Waals surface area contributed by atoms with Gasteiger partial charge in [-0.1, -0.05) is 38.2 Å². The van der Waals surface area contributed by atoms with E-state index in [0.29, 0.717) is 5.92 Å². The lowest BCUT2D eigenvalue weighted by atomic mass is 9.84. The molecule has 1 unspecified atom stereocenters. The summed E-state index contributed by atoms with van der Waals surface area (Å²) in [4.78, 5) is 4.43. The molecule has 2 rings (SSSR count). The normalized spacial score (nSPS) is 19.2. The number of rotatable bonds is 3. The molecule has 17 heavy (non-hydrogen) atoms. The van der Waals surface area contributed by atoms with Crippen LogP contribution >= 0.6 is 0 Å². The summed E-state index contributed by atoms with van der Waals surface area (Å²) in [6.45, 7) is 3.98. The number of aromatic nitrogens is 1. The van der Waals surface area contributed by atoms with Gasteiger partial charge in [-0.25, -0.2) is 0 Å². The number of aliphatic hydroxyl groups is 1. The van der Waals surface area contributed by atoms with Gasteiger partial charge in [0, 0.05) is 17.0 Å². The fourth-order valence-electron chi connectivity index (χ4n) is 2.92. The molecule has 0 amide bonds. The Bertz CT molecular complexity index is 369. The Labute approximate surface area is 104 Å². The molecule has 1 atom stereocenters. The Morgan fingerprint density at radius 2 is 1.94 bits per heavy atom. The first-order valence-corrected chi connectivity index (χ1v) is 6.79. The van der Waals surface area contributed by atoms with Crippen LogP contribution in [0.4, 0.5) is 0 Å². The Morgan fingerprint density at radius 1 is 1.24 bits per heavy atom. The molecule has 1 aliphatic carbocycles. The first-order chi connectivity index (χ1) is 8.16. The zero-order chi connectivity index (χ0) is 12.3. The van der Waals surface area contributed by atoms with Crippen LogP contribution in [0.3, 0.4) is 0 Å². The first-order valence-electron chi connectivity index (χ1n) is 6.79. The minimum atomic E-state index is -0.328. The predicted molar refractivity (Wildman–Crippen MR) is 69.9 cm³/mol. The summed E-state index contributed by atoms with van der Waals surface area (Å²) < 4.78 is 0. The van der Waals surface area contributed by atoms with E-state index in [1.165, 1.54) is 32.1 Å². The van der Waals surface area contributed by atoms with Crippen molar-refractivity contribution in [3.05, 3.63) is 29.1 Å². The van der Waals surface area contributed by atoms with E-state index in [9.17, 15) is 5.11 Å². The van der Waals surface area contributed by atoms with Crippen LogP contribution in [0.15, 0.2) is 12.1 Å². The van der Waals surface area contributed by atoms with Crippen LogP contribution in [0.1, 0.15) is 61.6 Å². The van der Waals surface area contributed by atoms with Crippen molar-refractivity contribution in [1.29, 1.82) is 0 Å². The van der Waals surface area contributed by atoms with Crippen molar-refractivity contribution in [2.24, 2.45) is 5.92 Å². The number of aryl methyl sites for hydroxylation is 2. The summed E-state index contributed by atoms with van der Waals surface area (Å²) in [5.41, 5.74) is 3.02. The van der Waals surface area contributed by atoms with Crippen molar-refractivity contribution >= 4 is 0 Å². The van der Waals surface area contributed by atoms with Gasteiger partial charge in [0.2, 0.25) is 0 Å². The lowest BCUT2D eigenvalue weighted by Gasteiger charge is -2.24. The van der Waals surface area contributed by atoms with Crippen LogP contribution in [0, 0.1) is 19.8 Å². The van der Waals surface area contributed by atoms with E-state index in [1.807, 2.05) is 26.0 Å². The summed E-state index contributed by atoms with van der Waals surface area (Å²) in [6, 6.07) is 4.03. The van der Waals surface area contributed by atoms with Gasteiger partial charge in [-0.2, -0.15) is 0 Å². The van der Waals surface area contributed by atoms with E-state index in [0.717, 1.165) is 23.4 Å². The minimum Gasteiger partial charge on any atom is -0.388 e. The zero-order valence-corrected chi connectivity index (χ0v) is 10.9. The maximum absolute atomic E-state index is 10.3. The van der Waals surface area contributed by atoms with Gasteiger partial charge in [0.15, 0.2) is 0 Å². The fraction of sp³-hybridized carbons (Fsp3) is 0.667. The quantitative estimate of drug-likeness (QED) is 0.863. The lowest BCUT2D eigenvalue weighted by Crippen LogP contribution is -2.12. The molecule has 94 valence electrons. The molecule has 1 N–H and O–H groups in total. The Balaban J connectivity index is 2.00. The molecular formula is C15H23NO. The number of nitrogens with zero attached hydrogens (tertiary/aromatic N) is 1. The van der Waals surface area contributed by atoms with Gasteiger partial charge in [-0.05, 0) is 32.3 Å². The topological polar surface area (TPSA) is 33.1 Å². The van der Waals surface area contributed by atoms with Crippen LogP contribution in [-0.4, -0.2) is 10.1 Å². The monoisotopic (exact) mass is 233 g/mol. The lowest BCUT2D eigenvalue weighted by molar-refractivity contribution is 0.130. The van der Waals surface area contributed by atoms with E-state index in [-0.39, 0.29) is 6.10 Å². The second-order valence-corrected chi connectivity index (χ2v) is 5.38. The fourth-order valence-corrected chi connectivity index (χ4v) is 2.92. The molecule has 2 heteroatoms. The summed E-state index contributed by atoms with van der Waals surface area (Å²) in [6.07, 6.45) is 7.20. The molecule has 0 saturated heterocycles. The molecule has 1 heterocycles. The molecule has 1 aliphatic rings. The van der Waals surface area contributed by atoms with Crippen molar-refractivity contribution in [3.63, 3.8) is 0 Å². The summed E-state index contributed by atoms with van der Waals surface area (Å²) in [5.74, 6) is 0.708. The highest BCUT2D eigenvalue weighted by molar-refractivity contribution is 5.23. The van der Waals surface area contributed by atoms with E-state index >= 15 is 0 Å². The average Bonchev–Trinajstić information content (AvgIpc) is 2.30. The van der Waals surface area contributed by atoms with Crippen molar-refractivity contribution in [2.75, 3.05) is 0 Å². The highest BCUT2D eigenvalue weighted by atomic mass is 16.3. The van der Waals surface area contributed by atoms with Crippen molar-refractivity contribution in [1.82, 2.24) is 4.98 Å². The molecule has 2 nitrogen and oxygen atoms in total. The van der Waals surface area contributed by atoms with E-state index < -0.39 is 0 Å². The standard InChI is InChI=1S/C15H23NO/c1-11-8-9-14(12(2)16-11)15(17)10-13-6-4-3-5-7-13/h8-9,13,15,17H,3-7,10H2,1-2H3. The molecule has 0 radical (unpaired) electrons. The Morgan fingerprint density at radius 3 is 2.59 bits per heavy atom. The molecule has 1 aromatic heterocycles. The summed E-state index contributed by atoms with van der Waals surface area (Å²) >= 11 is 0. The number of hydrogen-bond donors (Lipinski definition) is 1. The third kappa shape index (κ3) is 3.29. The van der Waals surface area contributed by atoms with Crippen molar-refractivity contribution < 1.29 is 5.11 Å². The van der Waals surface area contributed by atoms with Crippen LogP contribution in [0.25, 0.3) is 0 Å².